The molecule has 106 valence electrons. The zero-order valence-electron chi connectivity index (χ0n) is 11.0. The summed E-state index contributed by atoms with van der Waals surface area (Å²) in [6.07, 6.45) is 0.732. The molecule has 1 rings (SSSR count). The Morgan fingerprint density at radius 2 is 2.11 bits per heavy atom. The SMILES string of the molecule is CCC(C)NC(=O)CS(=O)(=O)Cc1cccc(F)c1. The Morgan fingerprint density at radius 1 is 1.42 bits per heavy atom. The van der Waals surface area contributed by atoms with Crippen LogP contribution in [-0.4, -0.2) is 26.1 Å². The first kappa shape index (κ1) is 15.6. The molecular weight excluding hydrogens is 269 g/mol. The van der Waals surface area contributed by atoms with Crippen LogP contribution in [0.4, 0.5) is 4.39 Å². The van der Waals surface area contributed by atoms with Crippen LogP contribution in [0.3, 0.4) is 0 Å². The van der Waals surface area contributed by atoms with Gasteiger partial charge in [-0.25, -0.2) is 12.8 Å². The maximum Gasteiger partial charge on any atom is 0.235 e. The maximum absolute atomic E-state index is 12.9. The van der Waals surface area contributed by atoms with Crippen molar-refractivity contribution in [3.63, 3.8) is 0 Å². The highest BCUT2D eigenvalue weighted by Gasteiger charge is 2.18. The van der Waals surface area contributed by atoms with Gasteiger partial charge in [0.2, 0.25) is 5.91 Å². The van der Waals surface area contributed by atoms with Gasteiger partial charge in [-0.1, -0.05) is 19.1 Å². The lowest BCUT2D eigenvalue weighted by Crippen LogP contribution is -2.36. The summed E-state index contributed by atoms with van der Waals surface area (Å²) in [4.78, 5) is 11.5. The number of rotatable bonds is 6. The minimum atomic E-state index is -3.58. The van der Waals surface area contributed by atoms with E-state index in [0.717, 1.165) is 12.5 Å². The summed E-state index contributed by atoms with van der Waals surface area (Å²) >= 11 is 0. The van der Waals surface area contributed by atoms with Crippen molar-refractivity contribution in [2.45, 2.75) is 32.1 Å². The van der Waals surface area contributed by atoms with Gasteiger partial charge in [-0.15, -0.1) is 0 Å². The molecule has 0 aromatic heterocycles. The van der Waals surface area contributed by atoms with Crippen LogP contribution in [-0.2, 0) is 20.4 Å². The van der Waals surface area contributed by atoms with E-state index in [1.807, 2.05) is 6.92 Å². The third-order valence-corrected chi connectivity index (χ3v) is 4.12. The molecule has 0 saturated carbocycles. The van der Waals surface area contributed by atoms with Crippen LogP contribution in [0.15, 0.2) is 24.3 Å². The molecule has 4 nitrogen and oxygen atoms in total. The monoisotopic (exact) mass is 287 g/mol. The molecule has 6 heteroatoms. The number of amides is 1. The van der Waals surface area contributed by atoms with Crippen LogP contribution in [0.2, 0.25) is 0 Å². The predicted molar refractivity (Wildman–Crippen MR) is 71.8 cm³/mol. The van der Waals surface area contributed by atoms with Gasteiger partial charge in [0.1, 0.15) is 11.6 Å². The van der Waals surface area contributed by atoms with Crippen molar-refractivity contribution in [3.05, 3.63) is 35.6 Å². The third-order valence-electron chi connectivity index (χ3n) is 2.65. The molecule has 0 aliphatic carbocycles. The summed E-state index contributed by atoms with van der Waals surface area (Å²) in [5.74, 6) is -1.92. The van der Waals surface area contributed by atoms with E-state index in [9.17, 15) is 17.6 Å². The zero-order chi connectivity index (χ0) is 14.5. The second-order valence-corrected chi connectivity index (χ2v) is 6.60. The van der Waals surface area contributed by atoms with E-state index in [0.29, 0.717) is 5.56 Å². The minimum Gasteiger partial charge on any atom is -0.353 e. The molecule has 0 spiro atoms. The van der Waals surface area contributed by atoms with Crippen LogP contribution in [0.5, 0.6) is 0 Å². The number of halogens is 1. The molecular formula is C13H18FNO3S. The largest absolute Gasteiger partial charge is 0.353 e. The molecule has 0 aliphatic heterocycles. The lowest BCUT2D eigenvalue weighted by atomic mass is 10.2. The van der Waals surface area contributed by atoms with Crippen molar-refractivity contribution in [3.8, 4) is 0 Å². The molecule has 0 heterocycles. The zero-order valence-corrected chi connectivity index (χ0v) is 11.8. The van der Waals surface area contributed by atoms with Crippen LogP contribution in [0.1, 0.15) is 25.8 Å². The normalized spacial score (nSPS) is 13.0. The van der Waals surface area contributed by atoms with E-state index >= 15 is 0 Å². The van der Waals surface area contributed by atoms with Crippen molar-refractivity contribution in [2.24, 2.45) is 0 Å². The van der Waals surface area contributed by atoms with E-state index in [4.69, 9.17) is 0 Å². The standard InChI is InChI=1S/C13H18FNO3S/c1-3-10(2)15-13(16)9-19(17,18)8-11-5-4-6-12(14)7-11/h4-7,10H,3,8-9H2,1-2H3,(H,15,16). The molecule has 1 aromatic rings. The summed E-state index contributed by atoms with van der Waals surface area (Å²) in [6, 6.07) is 5.31. The van der Waals surface area contributed by atoms with E-state index in [2.05, 4.69) is 5.32 Å². The number of sulfone groups is 1. The van der Waals surface area contributed by atoms with Gasteiger partial charge >= 0.3 is 0 Å². The maximum atomic E-state index is 12.9. The number of hydrogen-bond donors (Lipinski definition) is 1. The van der Waals surface area contributed by atoms with Crippen molar-refractivity contribution in [1.29, 1.82) is 0 Å². The van der Waals surface area contributed by atoms with Gasteiger partial charge < -0.3 is 5.32 Å². The Kier molecular flexibility index (Phi) is 5.47. The third kappa shape index (κ3) is 5.83. The van der Waals surface area contributed by atoms with Gasteiger partial charge in [0.25, 0.3) is 0 Å². The molecule has 1 amide bonds. The minimum absolute atomic E-state index is 0.0585. The fraction of sp³-hybridized carbons (Fsp3) is 0.462. The van der Waals surface area contributed by atoms with Crippen molar-refractivity contribution < 1.29 is 17.6 Å². The second kappa shape index (κ2) is 6.65. The van der Waals surface area contributed by atoms with Gasteiger partial charge in [-0.3, -0.25) is 4.79 Å². The summed E-state index contributed by atoms with van der Waals surface area (Å²) in [6.45, 7) is 3.70. The van der Waals surface area contributed by atoms with E-state index in [1.165, 1.54) is 18.2 Å². The summed E-state index contributed by atoms with van der Waals surface area (Å²) < 4.78 is 36.6. The molecule has 0 aliphatic rings. The number of benzene rings is 1. The highest BCUT2D eigenvalue weighted by molar-refractivity contribution is 7.91. The van der Waals surface area contributed by atoms with Gasteiger partial charge in [0.05, 0.1) is 5.75 Å². The fourth-order valence-electron chi connectivity index (χ4n) is 1.55. The molecule has 0 fully saturated rings. The summed E-state index contributed by atoms with van der Waals surface area (Å²) in [5, 5.41) is 2.59. The second-order valence-electron chi connectivity index (χ2n) is 4.54. The van der Waals surface area contributed by atoms with Crippen molar-refractivity contribution >= 4 is 15.7 Å². The van der Waals surface area contributed by atoms with Crippen LogP contribution in [0, 0.1) is 5.82 Å². The molecule has 0 radical (unpaired) electrons. The smallest absolute Gasteiger partial charge is 0.235 e. The van der Waals surface area contributed by atoms with Crippen LogP contribution in [0.25, 0.3) is 0 Å². The average molecular weight is 287 g/mol. The first-order chi connectivity index (χ1) is 8.82. The van der Waals surface area contributed by atoms with Crippen molar-refractivity contribution in [1.82, 2.24) is 5.32 Å². The van der Waals surface area contributed by atoms with E-state index in [1.54, 1.807) is 6.92 Å². The van der Waals surface area contributed by atoms with Gasteiger partial charge in [0, 0.05) is 6.04 Å². The van der Waals surface area contributed by atoms with Gasteiger partial charge in [-0.05, 0) is 31.0 Å². The molecule has 0 saturated heterocycles. The highest BCUT2D eigenvalue weighted by Crippen LogP contribution is 2.08. The number of hydrogen-bond acceptors (Lipinski definition) is 3. The van der Waals surface area contributed by atoms with Gasteiger partial charge in [0.15, 0.2) is 9.84 Å². The summed E-state index contributed by atoms with van der Waals surface area (Å²) in [7, 11) is -3.58. The Balaban J connectivity index is 2.64. The van der Waals surface area contributed by atoms with E-state index < -0.39 is 27.3 Å². The molecule has 1 N–H and O–H groups in total. The molecule has 1 unspecified atom stereocenters. The highest BCUT2D eigenvalue weighted by atomic mass is 32.2. The molecule has 0 bridgehead atoms. The molecule has 19 heavy (non-hydrogen) atoms. The fourth-order valence-corrected chi connectivity index (χ4v) is 2.82. The average Bonchev–Trinajstić information content (AvgIpc) is 2.26. The first-order valence-electron chi connectivity index (χ1n) is 6.06. The van der Waals surface area contributed by atoms with Crippen LogP contribution < -0.4 is 5.32 Å². The van der Waals surface area contributed by atoms with Gasteiger partial charge in [-0.2, -0.15) is 0 Å². The van der Waals surface area contributed by atoms with E-state index in [-0.39, 0.29) is 11.8 Å². The van der Waals surface area contributed by atoms with Crippen molar-refractivity contribution in [2.75, 3.05) is 5.75 Å². The summed E-state index contributed by atoms with van der Waals surface area (Å²) in [5.41, 5.74) is 0.344. The Labute approximate surface area is 112 Å². The molecule has 1 aromatic carbocycles. The number of carbonyl (C=O) groups is 1. The quantitative estimate of drug-likeness (QED) is 0.865. The lowest BCUT2D eigenvalue weighted by Gasteiger charge is -2.11. The first-order valence-corrected chi connectivity index (χ1v) is 7.89. The number of carbonyl (C=O) groups excluding carboxylic acids is 1. The molecule has 1 atom stereocenters. The predicted octanol–water partition coefficient (Wildman–Crippen LogP) is 1.66. The topological polar surface area (TPSA) is 63.2 Å². The number of nitrogens with one attached hydrogen (secondary N) is 1. The van der Waals surface area contributed by atoms with Crippen LogP contribution >= 0.6 is 0 Å². The Hall–Kier alpha value is -1.43. The Bertz CT molecular complexity index is 543. The lowest BCUT2D eigenvalue weighted by molar-refractivity contribution is -0.119. The Morgan fingerprint density at radius 3 is 2.68 bits per heavy atom.